The van der Waals surface area contributed by atoms with Gasteiger partial charge in [-0.25, -0.2) is 9.18 Å². The van der Waals surface area contributed by atoms with Crippen LogP contribution in [0.1, 0.15) is 5.56 Å². The average Bonchev–Trinajstić information content (AvgIpc) is 2.58. The minimum absolute atomic E-state index is 0.118. The maximum Gasteiger partial charge on any atom is 0.410 e. The van der Waals surface area contributed by atoms with E-state index >= 15 is 0 Å². The molecule has 5 heteroatoms. The first kappa shape index (κ1) is 11.9. The van der Waals surface area contributed by atoms with Crippen molar-refractivity contribution in [1.82, 2.24) is 4.90 Å². The van der Waals surface area contributed by atoms with Gasteiger partial charge in [-0.15, -0.1) is 0 Å². The Bertz CT molecular complexity index is 407. The zero-order valence-corrected chi connectivity index (χ0v) is 9.60. The van der Waals surface area contributed by atoms with Crippen molar-refractivity contribution in [1.29, 1.82) is 0 Å². The number of nitrogens with two attached hydrogens (primary N) is 1. The number of amides is 1. The van der Waals surface area contributed by atoms with Crippen LogP contribution in [-0.4, -0.2) is 36.7 Å². The standard InChI is InChI=1S/C12H15FN2O2/c1-15-10(7-14)11(17-12(15)16)6-8-2-4-9(13)5-3-8/h2-5,10-11H,6-7,14H2,1H3. The molecule has 1 saturated heterocycles. The van der Waals surface area contributed by atoms with Gasteiger partial charge in [0.1, 0.15) is 11.9 Å². The van der Waals surface area contributed by atoms with E-state index in [-0.39, 0.29) is 24.1 Å². The molecule has 0 spiro atoms. The van der Waals surface area contributed by atoms with E-state index in [1.54, 1.807) is 19.2 Å². The van der Waals surface area contributed by atoms with Crippen LogP contribution in [0.15, 0.2) is 24.3 Å². The largest absolute Gasteiger partial charge is 0.443 e. The molecule has 2 unspecified atom stereocenters. The lowest BCUT2D eigenvalue weighted by atomic mass is 10.0. The van der Waals surface area contributed by atoms with Gasteiger partial charge in [-0.1, -0.05) is 12.1 Å². The normalized spacial score (nSPS) is 23.9. The Kier molecular flexibility index (Phi) is 3.28. The van der Waals surface area contributed by atoms with E-state index in [1.807, 2.05) is 0 Å². The molecule has 0 radical (unpaired) electrons. The molecule has 0 bridgehead atoms. The third-order valence-electron chi connectivity index (χ3n) is 3.06. The summed E-state index contributed by atoms with van der Waals surface area (Å²) in [5.41, 5.74) is 6.55. The van der Waals surface area contributed by atoms with E-state index in [1.165, 1.54) is 17.0 Å². The Morgan fingerprint density at radius 2 is 2.06 bits per heavy atom. The van der Waals surface area contributed by atoms with Gasteiger partial charge in [0.2, 0.25) is 0 Å². The zero-order chi connectivity index (χ0) is 12.4. The van der Waals surface area contributed by atoms with Crippen LogP contribution in [0.4, 0.5) is 9.18 Å². The van der Waals surface area contributed by atoms with Crippen molar-refractivity contribution in [3.63, 3.8) is 0 Å². The summed E-state index contributed by atoms with van der Waals surface area (Å²) in [6.07, 6.45) is -0.0615. The van der Waals surface area contributed by atoms with Gasteiger partial charge in [-0.3, -0.25) is 0 Å². The van der Waals surface area contributed by atoms with Crippen LogP contribution in [0.2, 0.25) is 0 Å². The van der Waals surface area contributed by atoms with Crippen molar-refractivity contribution < 1.29 is 13.9 Å². The zero-order valence-electron chi connectivity index (χ0n) is 9.60. The second kappa shape index (κ2) is 4.71. The first-order chi connectivity index (χ1) is 8.11. The highest BCUT2D eigenvalue weighted by Gasteiger charge is 2.38. The van der Waals surface area contributed by atoms with E-state index in [9.17, 15) is 9.18 Å². The number of likely N-dealkylation sites (N-methyl/N-ethyl adjacent to an activating group) is 1. The molecule has 2 rings (SSSR count). The molecule has 2 atom stereocenters. The average molecular weight is 238 g/mol. The highest BCUT2D eigenvalue weighted by atomic mass is 19.1. The SMILES string of the molecule is CN1C(=O)OC(Cc2ccc(F)cc2)C1CN. The van der Waals surface area contributed by atoms with E-state index < -0.39 is 0 Å². The van der Waals surface area contributed by atoms with Crippen molar-refractivity contribution in [2.24, 2.45) is 5.73 Å². The van der Waals surface area contributed by atoms with Crippen LogP contribution in [0.5, 0.6) is 0 Å². The third-order valence-corrected chi connectivity index (χ3v) is 3.06. The van der Waals surface area contributed by atoms with Crippen LogP contribution in [0.3, 0.4) is 0 Å². The smallest absolute Gasteiger partial charge is 0.410 e. The van der Waals surface area contributed by atoms with Gasteiger partial charge in [-0.05, 0) is 17.7 Å². The van der Waals surface area contributed by atoms with Crippen molar-refractivity contribution in [3.8, 4) is 0 Å². The molecule has 1 heterocycles. The molecule has 1 aromatic rings. The number of nitrogens with zero attached hydrogens (tertiary/aromatic N) is 1. The number of carbonyl (C=O) groups excluding carboxylic acids is 1. The Morgan fingerprint density at radius 3 is 2.65 bits per heavy atom. The predicted octanol–water partition coefficient (Wildman–Crippen LogP) is 1.15. The van der Waals surface area contributed by atoms with Crippen LogP contribution in [0.25, 0.3) is 0 Å². The molecular formula is C12H15FN2O2. The summed E-state index contributed by atoms with van der Waals surface area (Å²) in [5.74, 6) is -0.273. The summed E-state index contributed by atoms with van der Waals surface area (Å²) in [5, 5.41) is 0. The lowest BCUT2D eigenvalue weighted by Gasteiger charge is -2.19. The van der Waals surface area contributed by atoms with Gasteiger partial charge in [0.25, 0.3) is 0 Å². The molecule has 0 aromatic heterocycles. The van der Waals surface area contributed by atoms with Crippen molar-refractivity contribution in [2.75, 3.05) is 13.6 Å². The number of benzene rings is 1. The molecule has 1 aliphatic heterocycles. The Hall–Kier alpha value is -1.62. The maximum atomic E-state index is 12.8. The molecule has 1 fully saturated rings. The fraction of sp³-hybridized carbons (Fsp3) is 0.417. The first-order valence-electron chi connectivity index (χ1n) is 5.49. The number of cyclic esters (lactones) is 1. The molecule has 4 nitrogen and oxygen atoms in total. The number of carbonyl (C=O) groups is 1. The number of halogens is 1. The van der Waals surface area contributed by atoms with Crippen molar-refractivity contribution >= 4 is 6.09 Å². The lowest BCUT2D eigenvalue weighted by Crippen LogP contribution is -2.40. The molecule has 1 amide bonds. The van der Waals surface area contributed by atoms with Crippen molar-refractivity contribution in [3.05, 3.63) is 35.6 Å². The van der Waals surface area contributed by atoms with Crippen molar-refractivity contribution in [2.45, 2.75) is 18.6 Å². The quantitative estimate of drug-likeness (QED) is 0.859. The number of rotatable bonds is 3. The summed E-state index contributed by atoms with van der Waals surface area (Å²) in [7, 11) is 1.67. The lowest BCUT2D eigenvalue weighted by molar-refractivity contribution is 0.130. The van der Waals surface area contributed by atoms with Gasteiger partial charge < -0.3 is 15.4 Å². The fourth-order valence-electron chi connectivity index (χ4n) is 2.02. The summed E-state index contributed by atoms with van der Waals surface area (Å²) < 4.78 is 18.0. The van der Waals surface area contributed by atoms with Gasteiger partial charge >= 0.3 is 6.09 Å². The van der Waals surface area contributed by atoms with Gasteiger partial charge in [0, 0.05) is 20.0 Å². The molecule has 0 aliphatic carbocycles. The van der Waals surface area contributed by atoms with Gasteiger partial charge in [0.05, 0.1) is 6.04 Å². The highest BCUT2D eigenvalue weighted by molar-refractivity contribution is 5.70. The molecule has 1 aliphatic rings. The minimum atomic E-state index is -0.354. The number of hydrogen-bond acceptors (Lipinski definition) is 3. The molecule has 17 heavy (non-hydrogen) atoms. The summed E-state index contributed by atoms with van der Waals surface area (Å²) in [6, 6.07) is 6.05. The monoisotopic (exact) mass is 238 g/mol. The Labute approximate surface area is 99.2 Å². The number of ether oxygens (including phenoxy) is 1. The van der Waals surface area contributed by atoms with E-state index in [2.05, 4.69) is 0 Å². The fourth-order valence-corrected chi connectivity index (χ4v) is 2.02. The summed E-state index contributed by atoms with van der Waals surface area (Å²) in [6.45, 7) is 0.355. The minimum Gasteiger partial charge on any atom is -0.443 e. The maximum absolute atomic E-state index is 12.8. The van der Waals surface area contributed by atoms with Crippen LogP contribution >= 0.6 is 0 Å². The highest BCUT2D eigenvalue weighted by Crippen LogP contribution is 2.20. The topological polar surface area (TPSA) is 55.6 Å². The molecular weight excluding hydrogens is 223 g/mol. The Morgan fingerprint density at radius 1 is 1.41 bits per heavy atom. The molecule has 0 saturated carbocycles. The summed E-state index contributed by atoms with van der Waals surface area (Å²) in [4.78, 5) is 12.9. The number of hydrogen-bond donors (Lipinski definition) is 1. The second-order valence-corrected chi connectivity index (χ2v) is 4.17. The Balaban J connectivity index is 2.08. The van der Waals surface area contributed by atoms with E-state index in [0.717, 1.165) is 5.56 Å². The van der Waals surface area contributed by atoms with Crippen LogP contribution < -0.4 is 5.73 Å². The first-order valence-corrected chi connectivity index (χ1v) is 5.49. The molecule has 92 valence electrons. The van der Waals surface area contributed by atoms with Gasteiger partial charge in [0.15, 0.2) is 0 Å². The van der Waals surface area contributed by atoms with Crippen LogP contribution in [-0.2, 0) is 11.2 Å². The summed E-state index contributed by atoms with van der Waals surface area (Å²) >= 11 is 0. The second-order valence-electron chi connectivity index (χ2n) is 4.17. The predicted molar refractivity (Wildman–Crippen MR) is 61.0 cm³/mol. The molecule has 1 aromatic carbocycles. The van der Waals surface area contributed by atoms with E-state index in [4.69, 9.17) is 10.5 Å². The molecule has 2 N–H and O–H groups in total. The third kappa shape index (κ3) is 2.39. The van der Waals surface area contributed by atoms with Gasteiger partial charge in [-0.2, -0.15) is 0 Å². The van der Waals surface area contributed by atoms with Crippen LogP contribution in [0, 0.1) is 5.82 Å². The van der Waals surface area contributed by atoms with E-state index in [0.29, 0.717) is 13.0 Å².